The van der Waals surface area contributed by atoms with Crippen LogP contribution >= 0.6 is 15.9 Å². The van der Waals surface area contributed by atoms with E-state index in [4.69, 9.17) is 0 Å². The summed E-state index contributed by atoms with van der Waals surface area (Å²) in [7, 11) is 0. The average Bonchev–Trinajstić information content (AvgIpc) is 2.39. The summed E-state index contributed by atoms with van der Waals surface area (Å²) in [6.07, 6.45) is 0. The summed E-state index contributed by atoms with van der Waals surface area (Å²) in [6.45, 7) is 1.59. The van der Waals surface area contributed by atoms with Gasteiger partial charge in [0.25, 0.3) is 0 Å². The lowest BCUT2D eigenvalue weighted by atomic mass is 9.91. The average molecular weight is 336 g/mol. The Kier molecular flexibility index (Phi) is 3.99. The summed E-state index contributed by atoms with van der Waals surface area (Å²) in [4.78, 5) is 11.7. The summed E-state index contributed by atoms with van der Waals surface area (Å²) in [5, 5.41) is 21.9. The van der Waals surface area contributed by atoms with Gasteiger partial charge < -0.3 is 15.5 Å². The molecule has 0 aromatic heterocycles. The van der Waals surface area contributed by atoms with Gasteiger partial charge in [-0.05, 0) is 42.8 Å². The van der Waals surface area contributed by atoms with Crippen molar-refractivity contribution in [3.05, 3.63) is 58.6 Å². The topological polar surface area (TPSA) is 69.6 Å². The van der Waals surface area contributed by atoms with Gasteiger partial charge in [-0.1, -0.05) is 34.1 Å². The molecule has 0 bridgehead atoms. The second-order valence-corrected chi connectivity index (χ2v) is 5.53. The third kappa shape index (κ3) is 2.93. The zero-order chi connectivity index (χ0) is 14.8. The fraction of sp³-hybridized carbons (Fsp3) is 0.133. The maximum Gasteiger partial charge on any atom is 0.333 e. The Balaban J connectivity index is 2.39. The first kappa shape index (κ1) is 14.4. The van der Waals surface area contributed by atoms with Crippen LogP contribution in [0, 0.1) is 0 Å². The Labute approximate surface area is 125 Å². The zero-order valence-electron chi connectivity index (χ0n) is 10.8. The van der Waals surface area contributed by atoms with Gasteiger partial charge >= 0.3 is 5.97 Å². The number of carboxylic acids is 1. The van der Waals surface area contributed by atoms with Crippen molar-refractivity contribution in [2.45, 2.75) is 12.5 Å². The van der Waals surface area contributed by atoms with Crippen molar-refractivity contribution in [2.75, 3.05) is 5.32 Å². The largest absolute Gasteiger partial charge is 0.508 e. The van der Waals surface area contributed by atoms with E-state index in [-0.39, 0.29) is 5.75 Å². The van der Waals surface area contributed by atoms with E-state index in [0.717, 1.165) is 4.47 Å². The van der Waals surface area contributed by atoms with E-state index in [1.807, 2.05) is 18.2 Å². The van der Waals surface area contributed by atoms with Crippen molar-refractivity contribution in [1.29, 1.82) is 0 Å². The molecule has 5 heteroatoms. The van der Waals surface area contributed by atoms with E-state index in [1.54, 1.807) is 25.1 Å². The maximum absolute atomic E-state index is 11.7. The molecule has 1 atom stereocenters. The third-order valence-corrected chi connectivity index (χ3v) is 3.58. The molecule has 1 unspecified atom stereocenters. The number of nitrogens with one attached hydrogen (secondary N) is 1. The molecule has 0 aliphatic rings. The van der Waals surface area contributed by atoms with E-state index >= 15 is 0 Å². The number of rotatable bonds is 4. The molecule has 0 saturated carbocycles. The predicted octanol–water partition coefficient (Wildman–Crippen LogP) is 3.57. The first-order valence-corrected chi connectivity index (χ1v) is 6.78. The van der Waals surface area contributed by atoms with E-state index < -0.39 is 11.5 Å². The molecular formula is C15H14BrNO3. The van der Waals surface area contributed by atoms with Crippen molar-refractivity contribution in [2.24, 2.45) is 0 Å². The lowest BCUT2D eigenvalue weighted by Crippen LogP contribution is -2.40. The van der Waals surface area contributed by atoms with Crippen molar-refractivity contribution in [1.82, 2.24) is 0 Å². The molecule has 0 aliphatic heterocycles. The Morgan fingerprint density at radius 1 is 1.20 bits per heavy atom. The number of phenols is 1. The normalized spacial score (nSPS) is 13.5. The molecule has 2 rings (SSSR count). The maximum atomic E-state index is 11.7. The van der Waals surface area contributed by atoms with Gasteiger partial charge in [-0.25, -0.2) is 4.79 Å². The first-order chi connectivity index (χ1) is 9.41. The number of carboxylic acid groups (broad SMARTS) is 1. The Hall–Kier alpha value is -2.01. The monoisotopic (exact) mass is 335 g/mol. The van der Waals surface area contributed by atoms with E-state index in [9.17, 15) is 15.0 Å². The molecule has 0 fully saturated rings. The molecule has 104 valence electrons. The molecule has 0 saturated heterocycles. The number of halogens is 1. The Morgan fingerprint density at radius 3 is 2.40 bits per heavy atom. The van der Waals surface area contributed by atoms with E-state index in [2.05, 4.69) is 21.2 Å². The number of phenolic OH excluding ortho intramolecular Hbond substituents is 1. The van der Waals surface area contributed by atoms with Crippen LogP contribution in [0.4, 0.5) is 5.69 Å². The minimum atomic E-state index is -1.28. The molecule has 3 N–H and O–H groups in total. The van der Waals surface area contributed by atoms with Gasteiger partial charge in [0.15, 0.2) is 5.54 Å². The second kappa shape index (κ2) is 5.54. The molecule has 2 aromatic rings. The number of aromatic hydroxyl groups is 1. The molecule has 0 radical (unpaired) electrons. The fourth-order valence-corrected chi connectivity index (χ4v) is 2.30. The van der Waals surface area contributed by atoms with Gasteiger partial charge in [0.1, 0.15) is 5.75 Å². The minimum absolute atomic E-state index is 0.101. The third-order valence-electron chi connectivity index (χ3n) is 3.09. The molecule has 0 heterocycles. The smallest absolute Gasteiger partial charge is 0.333 e. The highest BCUT2D eigenvalue weighted by Crippen LogP contribution is 2.29. The standard InChI is InChI=1S/C15H14BrNO3/c1-15(14(19)20,10-5-7-13(18)8-6-10)17-12-4-2-3-11(16)9-12/h2-9,17-18H,1H3,(H,19,20). The van der Waals surface area contributed by atoms with Crippen molar-refractivity contribution < 1.29 is 15.0 Å². The summed E-state index contributed by atoms with van der Waals surface area (Å²) >= 11 is 3.35. The molecule has 0 aliphatic carbocycles. The summed E-state index contributed by atoms with van der Waals surface area (Å²) in [5.41, 5.74) is -0.0331. The van der Waals surface area contributed by atoms with Crippen LogP contribution in [0.25, 0.3) is 0 Å². The van der Waals surface area contributed by atoms with Crippen LogP contribution in [0.5, 0.6) is 5.75 Å². The van der Waals surface area contributed by atoms with Crippen LogP contribution in [0.2, 0.25) is 0 Å². The summed E-state index contributed by atoms with van der Waals surface area (Å²) in [5.74, 6) is -0.896. The molecule has 4 nitrogen and oxygen atoms in total. The van der Waals surface area contributed by atoms with Crippen LogP contribution in [0.1, 0.15) is 12.5 Å². The molecule has 0 spiro atoms. The first-order valence-electron chi connectivity index (χ1n) is 5.98. The van der Waals surface area contributed by atoms with Crippen LogP contribution < -0.4 is 5.32 Å². The second-order valence-electron chi connectivity index (χ2n) is 4.61. The molecular weight excluding hydrogens is 322 g/mol. The predicted molar refractivity (Wildman–Crippen MR) is 80.9 cm³/mol. The van der Waals surface area contributed by atoms with Crippen molar-refractivity contribution >= 4 is 27.6 Å². The van der Waals surface area contributed by atoms with Gasteiger partial charge in [-0.3, -0.25) is 0 Å². The van der Waals surface area contributed by atoms with Crippen molar-refractivity contribution in [3.8, 4) is 5.75 Å². The quantitative estimate of drug-likeness (QED) is 0.798. The van der Waals surface area contributed by atoms with E-state index in [0.29, 0.717) is 11.3 Å². The molecule has 2 aromatic carbocycles. The number of hydrogen-bond acceptors (Lipinski definition) is 3. The SMILES string of the molecule is CC(Nc1cccc(Br)c1)(C(=O)O)c1ccc(O)cc1. The van der Waals surface area contributed by atoms with Gasteiger partial charge in [0, 0.05) is 10.2 Å². The van der Waals surface area contributed by atoms with E-state index in [1.165, 1.54) is 12.1 Å². The minimum Gasteiger partial charge on any atom is -0.508 e. The van der Waals surface area contributed by atoms with Gasteiger partial charge in [0.2, 0.25) is 0 Å². The fourth-order valence-electron chi connectivity index (χ4n) is 1.90. The number of aliphatic carboxylic acids is 1. The van der Waals surface area contributed by atoms with Crippen LogP contribution in [0.3, 0.4) is 0 Å². The highest BCUT2D eigenvalue weighted by molar-refractivity contribution is 9.10. The van der Waals surface area contributed by atoms with Gasteiger partial charge in [0.05, 0.1) is 0 Å². The Bertz CT molecular complexity index is 627. The highest BCUT2D eigenvalue weighted by atomic mass is 79.9. The highest BCUT2D eigenvalue weighted by Gasteiger charge is 2.35. The molecule has 20 heavy (non-hydrogen) atoms. The van der Waals surface area contributed by atoms with Gasteiger partial charge in [-0.15, -0.1) is 0 Å². The summed E-state index contributed by atoms with van der Waals surface area (Å²) < 4.78 is 0.862. The number of benzene rings is 2. The number of carbonyl (C=O) groups is 1. The lowest BCUT2D eigenvalue weighted by Gasteiger charge is -2.28. The van der Waals surface area contributed by atoms with Gasteiger partial charge in [-0.2, -0.15) is 0 Å². The summed E-state index contributed by atoms with van der Waals surface area (Å²) in [6, 6.07) is 13.4. The molecule has 0 amide bonds. The zero-order valence-corrected chi connectivity index (χ0v) is 12.4. The number of anilines is 1. The number of hydrogen-bond donors (Lipinski definition) is 3. The van der Waals surface area contributed by atoms with Crippen LogP contribution in [0.15, 0.2) is 53.0 Å². The Morgan fingerprint density at radius 2 is 1.85 bits per heavy atom. The lowest BCUT2D eigenvalue weighted by molar-refractivity contribution is -0.142. The van der Waals surface area contributed by atoms with Crippen LogP contribution in [-0.2, 0) is 10.3 Å². The van der Waals surface area contributed by atoms with Crippen molar-refractivity contribution in [3.63, 3.8) is 0 Å². The van der Waals surface area contributed by atoms with Crippen LogP contribution in [-0.4, -0.2) is 16.2 Å².